The van der Waals surface area contributed by atoms with Gasteiger partial charge in [-0.3, -0.25) is 25.0 Å². The molecule has 10 heteroatoms. The standard InChI is InChI=1S/C17H18N4O6/c1-2-27-16-8-7-12(11-15(16)21(25)26)17(22)19-10-9-18-13-5-3-4-6-14(13)20(23)24/h3-8,11,18H,2,9-10H2,1H3,(H,19,22). The van der Waals surface area contributed by atoms with Gasteiger partial charge in [0.05, 0.1) is 16.5 Å². The van der Waals surface area contributed by atoms with Gasteiger partial charge >= 0.3 is 5.69 Å². The van der Waals surface area contributed by atoms with E-state index in [0.717, 1.165) is 6.07 Å². The molecule has 0 saturated carbocycles. The van der Waals surface area contributed by atoms with Crippen LogP contribution in [-0.2, 0) is 0 Å². The van der Waals surface area contributed by atoms with Crippen molar-refractivity contribution in [1.29, 1.82) is 0 Å². The molecule has 1 amide bonds. The zero-order valence-corrected chi connectivity index (χ0v) is 14.5. The summed E-state index contributed by atoms with van der Waals surface area (Å²) in [5.41, 5.74) is 0.109. The van der Waals surface area contributed by atoms with Gasteiger partial charge in [0, 0.05) is 30.8 Å². The Labute approximate surface area is 154 Å². The molecule has 0 aliphatic carbocycles. The number of hydrogen-bond acceptors (Lipinski definition) is 7. The highest BCUT2D eigenvalue weighted by molar-refractivity contribution is 5.95. The molecule has 0 aromatic heterocycles. The lowest BCUT2D eigenvalue weighted by atomic mass is 10.1. The topological polar surface area (TPSA) is 137 Å². The van der Waals surface area contributed by atoms with Crippen molar-refractivity contribution in [3.05, 3.63) is 68.3 Å². The summed E-state index contributed by atoms with van der Waals surface area (Å²) in [7, 11) is 0. The monoisotopic (exact) mass is 374 g/mol. The molecule has 2 rings (SSSR count). The van der Waals surface area contributed by atoms with Gasteiger partial charge in [-0.05, 0) is 25.1 Å². The zero-order chi connectivity index (χ0) is 19.8. The minimum atomic E-state index is -0.613. The Kier molecular flexibility index (Phi) is 6.64. The first-order valence-corrected chi connectivity index (χ1v) is 8.10. The molecular formula is C17H18N4O6. The lowest BCUT2D eigenvalue weighted by Gasteiger charge is -2.09. The van der Waals surface area contributed by atoms with Crippen LogP contribution in [0.25, 0.3) is 0 Å². The summed E-state index contributed by atoms with van der Waals surface area (Å²) in [4.78, 5) is 33.1. The summed E-state index contributed by atoms with van der Waals surface area (Å²) >= 11 is 0. The van der Waals surface area contributed by atoms with Crippen LogP contribution in [0.5, 0.6) is 5.75 Å². The second-order valence-electron chi connectivity index (χ2n) is 5.33. The quantitative estimate of drug-likeness (QED) is 0.391. The summed E-state index contributed by atoms with van der Waals surface area (Å²) in [5.74, 6) is -0.400. The second-order valence-corrected chi connectivity index (χ2v) is 5.33. The van der Waals surface area contributed by atoms with E-state index in [9.17, 15) is 25.0 Å². The molecule has 142 valence electrons. The van der Waals surface area contributed by atoms with Crippen LogP contribution < -0.4 is 15.4 Å². The number of nitrogens with one attached hydrogen (secondary N) is 2. The summed E-state index contributed by atoms with van der Waals surface area (Å²) in [6.07, 6.45) is 0. The molecule has 2 aromatic rings. The maximum atomic E-state index is 12.2. The summed E-state index contributed by atoms with van der Waals surface area (Å²) in [6, 6.07) is 10.1. The highest BCUT2D eigenvalue weighted by Crippen LogP contribution is 2.28. The molecule has 0 radical (unpaired) electrons. The van der Waals surface area contributed by atoms with Crippen molar-refractivity contribution in [3.63, 3.8) is 0 Å². The van der Waals surface area contributed by atoms with Gasteiger partial charge in [0.25, 0.3) is 11.6 Å². The maximum absolute atomic E-state index is 12.2. The second kappa shape index (κ2) is 9.13. The highest BCUT2D eigenvalue weighted by atomic mass is 16.6. The molecule has 10 nitrogen and oxygen atoms in total. The molecule has 0 heterocycles. The smallest absolute Gasteiger partial charge is 0.311 e. The van der Waals surface area contributed by atoms with E-state index in [1.807, 2.05) is 0 Å². The Morgan fingerprint density at radius 3 is 2.41 bits per heavy atom. The third kappa shape index (κ3) is 5.14. The molecule has 0 fully saturated rings. The molecule has 0 bridgehead atoms. The van der Waals surface area contributed by atoms with Gasteiger partial charge in [-0.25, -0.2) is 0 Å². The van der Waals surface area contributed by atoms with Crippen molar-refractivity contribution in [2.75, 3.05) is 25.0 Å². The number of carbonyl (C=O) groups is 1. The van der Waals surface area contributed by atoms with Gasteiger partial charge in [-0.2, -0.15) is 0 Å². The Bertz CT molecular complexity index is 855. The first-order valence-electron chi connectivity index (χ1n) is 8.10. The summed E-state index contributed by atoms with van der Waals surface area (Å²) in [5, 5.41) is 27.5. The van der Waals surface area contributed by atoms with Gasteiger partial charge < -0.3 is 15.4 Å². The largest absolute Gasteiger partial charge is 0.487 e. The molecule has 0 saturated heterocycles. The molecule has 0 unspecified atom stereocenters. The van der Waals surface area contributed by atoms with Crippen LogP contribution in [0.4, 0.5) is 17.1 Å². The molecule has 0 spiro atoms. The average molecular weight is 374 g/mol. The first-order chi connectivity index (χ1) is 12.9. The predicted molar refractivity (Wildman–Crippen MR) is 98.2 cm³/mol. The van der Waals surface area contributed by atoms with Crippen molar-refractivity contribution < 1.29 is 19.4 Å². The van der Waals surface area contributed by atoms with E-state index in [-0.39, 0.29) is 42.4 Å². The maximum Gasteiger partial charge on any atom is 0.311 e. The van der Waals surface area contributed by atoms with Crippen LogP contribution in [0, 0.1) is 20.2 Å². The van der Waals surface area contributed by atoms with Crippen molar-refractivity contribution in [2.45, 2.75) is 6.92 Å². The van der Waals surface area contributed by atoms with Crippen LogP contribution >= 0.6 is 0 Å². The van der Waals surface area contributed by atoms with Gasteiger partial charge in [-0.1, -0.05) is 12.1 Å². The first kappa shape index (κ1) is 19.6. The van der Waals surface area contributed by atoms with Crippen molar-refractivity contribution >= 4 is 23.0 Å². The number of rotatable bonds is 9. The summed E-state index contributed by atoms with van der Waals surface area (Å²) in [6.45, 7) is 2.39. The van der Waals surface area contributed by atoms with Crippen molar-refractivity contribution in [1.82, 2.24) is 5.32 Å². The molecule has 2 aromatic carbocycles. The fourth-order valence-electron chi connectivity index (χ4n) is 2.34. The number of nitro benzene ring substituents is 2. The minimum absolute atomic E-state index is 0.0639. The number of nitrogens with zero attached hydrogens (tertiary/aromatic N) is 2. The molecule has 0 aliphatic rings. The van der Waals surface area contributed by atoms with E-state index < -0.39 is 15.8 Å². The SMILES string of the molecule is CCOc1ccc(C(=O)NCCNc2ccccc2[N+](=O)[O-])cc1[N+](=O)[O-]. The van der Waals surface area contributed by atoms with Crippen LogP contribution in [-0.4, -0.2) is 35.5 Å². The number of para-hydroxylation sites is 2. The Balaban J connectivity index is 1.95. The van der Waals surface area contributed by atoms with E-state index in [0.29, 0.717) is 5.69 Å². The normalized spacial score (nSPS) is 10.1. The molecule has 0 aliphatic heterocycles. The molecule has 27 heavy (non-hydrogen) atoms. The van der Waals surface area contributed by atoms with Crippen molar-refractivity contribution in [2.24, 2.45) is 0 Å². The third-order valence-corrected chi connectivity index (χ3v) is 3.54. The molecular weight excluding hydrogens is 356 g/mol. The third-order valence-electron chi connectivity index (χ3n) is 3.54. The lowest BCUT2D eigenvalue weighted by Crippen LogP contribution is -2.28. The predicted octanol–water partition coefficient (Wildman–Crippen LogP) is 2.74. The van der Waals surface area contributed by atoms with Gasteiger partial charge in [0.2, 0.25) is 0 Å². The van der Waals surface area contributed by atoms with Crippen LogP contribution in [0.3, 0.4) is 0 Å². The fourth-order valence-corrected chi connectivity index (χ4v) is 2.34. The van der Waals surface area contributed by atoms with E-state index in [1.54, 1.807) is 25.1 Å². The van der Waals surface area contributed by atoms with E-state index >= 15 is 0 Å². The number of anilines is 1. The van der Waals surface area contributed by atoms with Crippen LogP contribution in [0.1, 0.15) is 17.3 Å². The van der Waals surface area contributed by atoms with E-state index in [1.165, 1.54) is 18.2 Å². The Morgan fingerprint density at radius 2 is 1.74 bits per heavy atom. The number of benzene rings is 2. The highest BCUT2D eigenvalue weighted by Gasteiger charge is 2.18. The van der Waals surface area contributed by atoms with Crippen LogP contribution in [0.2, 0.25) is 0 Å². The molecule has 2 N–H and O–H groups in total. The van der Waals surface area contributed by atoms with E-state index in [2.05, 4.69) is 10.6 Å². The average Bonchev–Trinajstić information content (AvgIpc) is 2.65. The van der Waals surface area contributed by atoms with Gasteiger partial charge in [0.15, 0.2) is 5.75 Å². The lowest BCUT2D eigenvalue weighted by molar-refractivity contribution is -0.385. The van der Waals surface area contributed by atoms with Gasteiger partial charge in [-0.15, -0.1) is 0 Å². The number of ether oxygens (including phenoxy) is 1. The number of nitro groups is 2. The van der Waals surface area contributed by atoms with Crippen LogP contribution in [0.15, 0.2) is 42.5 Å². The van der Waals surface area contributed by atoms with Gasteiger partial charge in [0.1, 0.15) is 5.69 Å². The summed E-state index contributed by atoms with van der Waals surface area (Å²) < 4.78 is 5.17. The number of carbonyl (C=O) groups excluding carboxylic acids is 1. The number of hydrogen-bond donors (Lipinski definition) is 2. The Morgan fingerprint density at radius 1 is 1.04 bits per heavy atom. The Hall–Kier alpha value is -3.69. The fraction of sp³-hybridized carbons (Fsp3) is 0.235. The van der Waals surface area contributed by atoms with Crippen molar-refractivity contribution in [3.8, 4) is 5.75 Å². The van der Waals surface area contributed by atoms with E-state index in [4.69, 9.17) is 4.74 Å². The zero-order valence-electron chi connectivity index (χ0n) is 14.5. The number of amides is 1. The molecule has 0 atom stereocenters. The minimum Gasteiger partial charge on any atom is -0.487 e.